The lowest BCUT2D eigenvalue weighted by molar-refractivity contribution is -0.174. The summed E-state index contributed by atoms with van der Waals surface area (Å²) in [6, 6.07) is 2.94. The van der Waals surface area contributed by atoms with Crippen LogP contribution in [-0.2, 0) is 4.79 Å². The van der Waals surface area contributed by atoms with Gasteiger partial charge in [-0.3, -0.25) is 15.2 Å². The number of alkyl halides is 5. The van der Waals surface area contributed by atoms with Crippen LogP contribution in [0, 0.1) is 5.82 Å². The maximum atomic E-state index is 14.6. The molecule has 0 aliphatic heterocycles. The molecule has 2 rings (SSSR count). The van der Waals surface area contributed by atoms with E-state index >= 15 is 0 Å². The number of benzene rings is 1. The Morgan fingerprint density at radius 3 is 2.50 bits per heavy atom. The van der Waals surface area contributed by atoms with Gasteiger partial charge in [0.2, 0.25) is 0 Å². The van der Waals surface area contributed by atoms with Crippen LogP contribution in [0.5, 0.6) is 5.75 Å². The average molecular weight is 485 g/mol. The second-order valence-corrected chi connectivity index (χ2v) is 6.59. The molecule has 1 aromatic heterocycles. The van der Waals surface area contributed by atoms with Crippen LogP contribution >= 0.6 is 11.6 Å². The summed E-state index contributed by atoms with van der Waals surface area (Å²) in [4.78, 5) is 26.2. The molecule has 3 amide bonds. The van der Waals surface area contributed by atoms with Gasteiger partial charge in [-0.2, -0.15) is 13.2 Å². The third kappa shape index (κ3) is 6.64. The summed E-state index contributed by atoms with van der Waals surface area (Å²) in [6.45, 7) is 0.346. The van der Waals surface area contributed by atoms with Crippen molar-refractivity contribution >= 4 is 23.5 Å². The van der Waals surface area contributed by atoms with E-state index in [9.17, 15) is 35.9 Å². The predicted octanol–water partition coefficient (Wildman–Crippen LogP) is 4.14. The molecule has 1 atom stereocenters. The minimum Gasteiger partial charge on any atom is -0.485 e. The number of nitrogens with one attached hydrogen (secondary N) is 3. The number of halogens is 7. The summed E-state index contributed by atoms with van der Waals surface area (Å²) in [6.07, 6.45) is -6.81. The topological polar surface area (TPSA) is 92.4 Å². The van der Waals surface area contributed by atoms with E-state index in [1.807, 2.05) is 0 Å². The van der Waals surface area contributed by atoms with Crippen LogP contribution in [0.25, 0.3) is 11.1 Å². The van der Waals surface area contributed by atoms with Crippen molar-refractivity contribution in [3.8, 4) is 16.9 Å². The quantitative estimate of drug-likeness (QED) is 0.424. The number of rotatable bonds is 6. The van der Waals surface area contributed by atoms with Crippen LogP contribution < -0.4 is 20.9 Å². The minimum absolute atomic E-state index is 0.0141. The van der Waals surface area contributed by atoms with Crippen LogP contribution in [0.15, 0.2) is 30.5 Å². The summed E-state index contributed by atoms with van der Waals surface area (Å²) >= 11 is 5.98. The highest BCUT2D eigenvalue weighted by Crippen LogP contribution is 2.37. The van der Waals surface area contributed by atoms with Crippen molar-refractivity contribution in [2.24, 2.45) is 0 Å². The largest absolute Gasteiger partial charge is 0.485 e. The lowest BCUT2D eigenvalue weighted by Gasteiger charge is -2.17. The van der Waals surface area contributed by atoms with E-state index in [0.717, 1.165) is 11.5 Å². The van der Waals surface area contributed by atoms with Gasteiger partial charge in [0.1, 0.15) is 18.2 Å². The zero-order valence-corrected chi connectivity index (χ0v) is 16.8. The Bertz CT molecular complexity index is 990. The summed E-state index contributed by atoms with van der Waals surface area (Å²) in [7, 11) is 0. The molecule has 32 heavy (non-hydrogen) atoms. The zero-order chi connectivity index (χ0) is 24.1. The summed E-state index contributed by atoms with van der Waals surface area (Å²) in [5, 5.41) is 2.11. The third-order valence-electron chi connectivity index (χ3n) is 3.81. The maximum Gasteiger partial charge on any atom is 0.472 e. The molecule has 0 spiro atoms. The lowest BCUT2D eigenvalue weighted by atomic mass is 10.0. The Balaban J connectivity index is 2.14. The molecule has 14 heteroatoms. The average Bonchev–Trinajstić information content (AvgIpc) is 2.69. The first kappa shape index (κ1) is 25.0. The van der Waals surface area contributed by atoms with E-state index in [2.05, 4.69) is 10.3 Å². The van der Waals surface area contributed by atoms with E-state index in [1.54, 1.807) is 0 Å². The Morgan fingerprint density at radius 1 is 1.22 bits per heavy atom. The number of hydrogen-bond acceptors (Lipinski definition) is 4. The summed E-state index contributed by atoms with van der Waals surface area (Å²) in [5.41, 5.74) is 2.63. The van der Waals surface area contributed by atoms with Crippen LogP contribution in [0.3, 0.4) is 0 Å². The standard InChI is InChI=1S/C18H15ClF6N4O3/c1-8(27-17(31)29-28-16(30)18(23,24)25)14-12(20)5-9(6-26-14)10-3-2-4-11(19)15(10)32-7-13(21)22/h2-6,8,13H,7H2,1H3,(H,28,30)(H2,27,29,31)/t8-/m1/s1. The minimum atomic E-state index is -5.21. The number of urea groups is 1. The molecule has 7 nitrogen and oxygen atoms in total. The van der Waals surface area contributed by atoms with Gasteiger partial charge in [-0.25, -0.2) is 23.4 Å². The molecule has 0 fully saturated rings. The molecule has 1 aromatic carbocycles. The SMILES string of the molecule is C[C@@H](NC(=O)NNC(=O)C(F)(F)F)c1ncc(-c2cccc(Cl)c2OCC(F)F)cc1F. The highest BCUT2D eigenvalue weighted by Gasteiger charge is 2.39. The molecule has 1 heterocycles. The van der Waals surface area contributed by atoms with Gasteiger partial charge in [0, 0.05) is 17.3 Å². The normalized spacial score (nSPS) is 12.3. The van der Waals surface area contributed by atoms with Gasteiger partial charge in [0.05, 0.1) is 16.8 Å². The molecule has 0 saturated carbocycles. The van der Waals surface area contributed by atoms with E-state index in [1.165, 1.54) is 36.7 Å². The molecule has 3 N–H and O–H groups in total. The van der Waals surface area contributed by atoms with Crippen molar-refractivity contribution in [2.75, 3.05) is 6.61 Å². The summed E-state index contributed by atoms with van der Waals surface area (Å²) in [5.74, 6) is -3.43. The van der Waals surface area contributed by atoms with Crippen LogP contribution in [-0.4, -0.2) is 36.1 Å². The fourth-order valence-corrected chi connectivity index (χ4v) is 2.66. The number of carbonyl (C=O) groups is 2. The molecule has 0 radical (unpaired) electrons. The van der Waals surface area contributed by atoms with Gasteiger partial charge in [-0.1, -0.05) is 23.7 Å². The van der Waals surface area contributed by atoms with Crippen molar-refractivity contribution in [1.29, 1.82) is 0 Å². The van der Waals surface area contributed by atoms with Crippen LogP contribution in [0.2, 0.25) is 5.02 Å². The summed E-state index contributed by atoms with van der Waals surface area (Å²) < 4.78 is 80.9. The molecule has 0 saturated heterocycles. The molecular weight excluding hydrogens is 470 g/mol. The number of pyridine rings is 1. The van der Waals surface area contributed by atoms with Gasteiger partial charge in [-0.15, -0.1) is 0 Å². The predicted molar refractivity (Wildman–Crippen MR) is 100 cm³/mol. The number of amides is 3. The molecular formula is C18H15ClF6N4O3. The number of carbonyl (C=O) groups excluding carboxylic acids is 2. The lowest BCUT2D eigenvalue weighted by Crippen LogP contribution is -2.51. The second-order valence-electron chi connectivity index (χ2n) is 6.18. The molecule has 0 unspecified atom stereocenters. The Hall–Kier alpha value is -3.22. The zero-order valence-electron chi connectivity index (χ0n) is 16.1. The number of nitrogens with zero attached hydrogens (tertiary/aromatic N) is 1. The van der Waals surface area contributed by atoms with E-state index < -0.39 is 43.0 Å². The second kappa shape index (κ2) is 10.4. The maximum absolute atomic E-state index is 14.6. The Morgan fingerprint density at radius 2 is 1.91 bits per heavy atom. The van der Waals surface area contributed by atoms with Crippen molar-refractivity contribution in [1.82, 2.24) is 21.2 Å². The number of aromatic nitrogens is 1. The van der Waals surface area contributed by atoms with Crippen molar-refractivity contribution in [2.45, 2.75) is 25.6 Å². The van der Waals surface area contributed by atoms with Gasteiger partial charge >= 0.3 is 18.1 Å². The van der Waals surface area contributed by atoms with Crippen LogP contribution in [0.4, 0.5) is 31.1 Å². The molecule has 0 aliphatic rings. The fraction of sp³-hybridized carbons (Fsp3) is 0.278. The first-order valence-corrected chi connectivity index (χ1v) is 9.07. The van der Waals surface area contributed by atoms with Gasteiger partial charge in [0.25, 0.3) is 6.43 Å². The molecule has 174 valence electrons. The first-order valence-electron chi connectivity index (χ1n) is 8.69. The molecule has 2 aromatic rings. The van der Waals surface area contributed by atoms with Crippen molar-refractivity contribution in [3.63, 3.8) is 0 Å². The smallest absolute Gasteiger partial charge is 0.472 e. The highest BCUT2D eigenvalue weighted by atomic mass is 35.5. The number of para-hydroxylation sites is 1. The number of ether oxygens (including phenoxy) is 1. The molecule has 0 bridgehead atoms. The van der Waals surface area contributed by atoms with Crippen molar-refractivity contribution < 1.29 is 40.7 Å². The van der Waals surface area contributed by atoms with E-state index in [-0.39, 0.29) is 27.6 Å². The Labute approximate surface area is 182 Å². The molecule has 0 aliphatic carbocycles. The fourth-order valence-electron chi connectivity index (χ4n) is 2.43. The van der Waals surface area contributed by atoms with Crippen molar-refractivity contribution in [3.05, 3.63) is 47.0 Å². The van der Waals surface area contributed by atoms with E-state index in [4.69, 9.17) is 16.3 Å². The third-order valence-corrected chi connectivity index (χ3v) is 4.10. The first-order chi connectivity index (χ1) is 14.9. The van der Waals surface area contributed by atoms with Crippen LogP contribution in [0.1, 0.15) is 18.7 Å². The number of hydrazine groups is 1. The van der Waals surface area contributed by atoms with E-state index in [0.29, 0.717) is 0 Å². The number of hydrogen-bond donors (Lipinski definition) is 3. The Kier molecular flexibility index (Phi) is 8.14. The van der Waals surface area contributed by atoms with Gasteiger partial charge in [-0.05, 0) is 19.1 Å². The van der Waals surface area contributed by atoms with Gasteiger partial charge in [0.15, 0.2) is 0 Å². The van der Waals surface area contributed by atoms with Gasteiger partial charge < -0.3 is 10.1 Å². The highest BCUT2D eigenvalue weighted by molar-refractivity contribution is 6.32. The monoisotopic (exact) mass is 484 g/mol.